The van der Waals surface area contributed by atoms with Crippen molar-refractivity contribution in [3.63, 3.8) is 0 Å². The van der Waals surface area contributed by atoms with Crippen LogP contribution in [0.2, 0.25) is 0 Å². The maximum absolute atomic E-state index is 10.5. The lowest BCUT2D eigenvalue weighted by molar-refractivity contribution is -0.385. The first kappa shape index (κ1) is 11.3. The molecule has 0 saturated carbocycles. The standard InChI is InChI=1S/C10H13N5O2/c1-7-10(8(2)13(3)12-7)6-14-5-9(4-11-14)15(16)17/h4-5H,6H2,1-3H3. The smallest absolute Gasteiger partial charge is 0.272 e. The van der Waals surface area contributed by atoms with Crippen LogP contribution in [0.1, 0.15) is 17.0 Å². The van der Waals surface area contributed by atoms with E-state index in [1.807, 2.05) is 20.9 Å². The Balaban J connectivity index is 2.28. The summed E-state index contributed by atoms with van der Waals surface area (Å²) in [6.45, 7) is 4.38. The Morgan fingerprint density at radius 3 is 2.65 bits per heavy atom. The third-order valence-corrected chi connectivity index (χ3v) is 2.81. The molecule has 90 valence electrons. The van der Waals surface area contributed by atoms with Crippen molar-refractivity contribution >= 4 is 5.69 Å². The van der Waals surface area contributed by atoms with Gasteiger partial charge in [-0.1, -0.05) is 0 Å². The van der Waals surface area contributed by atoms with E-state index < -0.39 is 4.92 Å². The quantitative estimate of drug-likeness (QED) is 0.591. The van der Waals surface area contributed by atoms with Gasteiger partial charge in [-0.2, -0.15) is 10.2 Å². The van der Waals surface area contributed by atoms with Gasteiger partial charge in [-0.15, -0.1) is 0 Å². The number of hydrogen-bond donors (Lipinski definition) is 0. The summed E-state index contributed by atoms with van der Waals surface area (Å²) in [6, 6.07) is 0. The number of rotatable bonds is 3. The van der Waals surface area contributed by atoms with Crippen LogP contribution < -0.4 is 0 Å². The predicted octanol–water partition coefficient (Wildman–Crippen LogP) is 1.19. The Morgan fingerprint density at radius 2 is 2.18 bits per heavy atom. The van der Waals surface area contributed by atoms with Crippen molar-refractivity contribution in [1.29, 1.82) is 0 Å². The van der Waals surface area contributed by atoms with Gasteiger partial charge in [0, 0.05) is 18.3 Å². The van der Waals surface area contributed by atoms with Crippen LogP contribution >= 0.6 is 0 Å². The van der Waals surface area contributed by atoms with E-state index in [4.69, 9.17) is 0 Å². The van der Waals surface area contributed by atoms with Crippen molar-refractivity contribution in [2.45, 2.75) is 20.4 Å². The van der Waals surface area contributed by atoms with Crippen molar-refractivity contribution in [1.82, 2.24) is 19.6 Å². The Labute approximate surface area is 97.8 Å². The highest BCUT2D eigenvalue weighted by Gasteiger charge is 2.13. The average molecular weight is 235 g/mol. The molecular weight excluding hydrogens is 222 g/mol. The van der Waals surface area contributed by atoms with Gasteiger partial charge < -0.3 is 0 Å². The maximum Gasteiger partial charge on any atom is 0.307 e. The molecule has 0 aromatic carbocycles. The van der Waals surface area contributed by atoms with Gasteiger partial charge >= 0.3 is 5.69 Å². The van der Waals surface area contributed by atoms with E-state index in [0.29, 0.717) is 6.54 Å². The molecule has 0 fully saturated rings. The van der Waals surface area contributed by atoms with Crippen LogP contribution in [0.25, 0.3) is 0 Å². The first-order chi connectivity index (χ1) is 7.99. The van der Waals surface area contributed by atoms with E-state index in [9.17, 15) is 10.1 Å². The summed E-state index contributed by atoms with van der Waals surface area (Å²) in [4.78, 5) is 10.1. The second kappa shape index (κ2) is 4.00. The highest BCUT2D eigenvalue weighted by molar-refractivity contribution is 5.26. The highest BCUT2D eigenvalue weighted by atomic mass is 16.6. The lowest BCUT2D eigenvalue weighted by Gasteiger charge is -2.01. The molecule has 7 heteroatoms. The molecule has 2 aromatic rings. The molecule has 2 rings (SSSR count). The summed E-state index contributed by atoms with van der Waals surface area (Å²) in [6.07, 6.45) is 2.67. The van der Waals surface area contributed by atoms with Crippen LogP contribution in [-0.4, -0.2) is 24.5 Å². The molecule has 0 atom stereocenters. The molecule has 2 aromatic heterocycles. The van der Waals surface area contributed by atoms with Gasteiger partial charge in [0.2, 0.25) is 0 Å². The molecule has 0 bridgehead atoms. The van der Waals surface area contributed by atoms with Crippen LogP contribution in [-0.2, 0) is 13.6 Å². The van der Waals surface area contributed by atoms with Gasteiger partial charge in [-0.3, -0.25) is 19.5 Å². The van der Waals surface area contributed by atoms with E-state index in [2.05, 4.69) is 10.2 Å². The monoisotopic (exact) mass is 235 g/mol. The summed E-state index contributed by atoms with van der Waals surface area (Å²) < 4.78 is 3.34. The summed E-state index contributed by atoms with van der Waals surface area (Å²) in [7, 11) is 1.87. The molecule has 0 radical (unpaired) electrons. The summed E-state index contributed by atoms with van der Waals surface area (Å²) in [5, 5.41) is 18.8. The van der Waals surface area contributed by atoms with Crippen LogP contribution in [0.15, 0.2) is 12.4 Å². The van der Waals surface area contributed by atoms with Crippen molar-refractivity contribution in [2.75, 3.05) is 0 Å². The van der Waals surface area contributed by atoms with Gasteiger partial charge in [0.15, 0.2) is 0 Å². The first-order valence-corrected chi connectivity index (χ1v) is 5.15. The SMILES string of the molecule is Cc1nn(C)c(C)c1Cn1cc([N+](=O)[O-])cn1. The zero-order valence-corrected chi connectivity index (χ0v) is 9.91. The van der Waals surface area contributed by atoms with Crippen molar-refractivity contribution < 1.29 is 4.92 Å². The van der Waals surface area contributed by atoms with Crippen molar-refractivity contribution in [3.8, 4) is 0 Å². The van der Waals surface area contributed by atoms with E-state index in [0.717, 1.165) is 17.0 Å². The van der Waals surface area contributed by atoms with Gasteiger partial charge in [-0.25, -0.2) is 0 Å². The molecule has 0 aliphatic carbocycles. The minimum atomic E-state index is -0.452. The van der Waals surface area contributed by atoms with Gasteiger partial charge in [-0.05, 0) is 13.8 Å². The summed E-state index contributed by atoms with van der Waals surface area (Å²) >= 11 is 0. The Kier molecular flexibility index (Phi) is 2.66. The third-order valence-electron chi connectivity index (χ3n) is 2.81. The molecule has 0 spiro atoms. The van der Waals surface area contributed by atoms with Crippen LogP contribution in [0.3, 0.4) is 0 Å². The van der Waals surface area contributed by atoms with E-state index >= 15 is 0 Å². The minimum absolute atomic E-state index is 0.00389. The van der Waals surface area contributed by atoms with Crippen LogP contribution in [0.5, 0.6) is 0 Å². The average Bonchev–Trinajstić information content (AvgIpc) is 2.80. The van der Waals surface area contributed by atoms with Crippen LogP contribution in [0, 0.1) is 24.0 Å². The molecule has 7 nitrogen and oxygen atoms in total. The number of aryl methyl sites for hydroxylation is 2. The predicted molar refractivity (Wildman–Crippen MR) is 60.7 cm³/mol. The van der Waals surface area contributed by atoms with Gasteiger partial charge in [0.1, 0.15) is 12.4 Å². The zero-order chi connectivity index (χ0) is 12.6. The van der Waals surface area contributed by atoms with Crippen molar-refractivity contribution in [3.05, 3.63) is 39.5 Å². The topological polar surface area (TPSA) is 78.8 Å². The maximum atomic E-state index is 10.5. The van der Waals surface area contributed by atoms with E-state index in [1.54, 1.807) is 9.36 Å². The van der Waals surface area contributed by atoms with E-state index in [-0.39, 0.29) is 5.69 Å². The highest BCUT2D eigenvalue weighted by Crippen LogP contribution is 2.15. The molecule has 0 amide bonds. The minimum Gasteiger partial charge on any atom is -0.272 e. The first-order valence-electron chi connectivity index (χ1n) is 5.15. The Morgan fingerprint density at radius 1 is 1.47 bits per heavy atom. The molecule has 0 aliphatic rings. The fourth-order valence-corrected chi connectivity index (χ4v) is 1.74. The molecule has 0 N–H and O–H groups in total. The lowest BCUT2D eigenvalue weighted by Crippen LogP contribution is -2.02. The number of hydrogen-bond acceptors (Lipinski definition) is 4. The van der Waals surface area contributed by atoms with Gasteiger partial charge in [0.05, 0.1) is 17.2 Å². The Hall–Kier alpha value is -2.18. The largest absolute Gasteiger partial charge is 0.307 e. The third kappa shape index (κ3) is 2.03. The zero-order valence-electron chi connectivity index (χ0n) is 9.91. The fourth-order valence-electron chi connectivity index (χ4n) is 1.74. The second-order valence-corrected chi connectivity index (χ2v) is 3.93. The lowest BCUT2D eigenvalue weighted by atomic mass is 10.2. The molecule has 0 saturated heterocycles. The van der Waals surface area contributed by atoms with E-state index in [1.165, 1.54) is 12.4 Å². The molecule has 0 unspecified atom stereocenters. The summed E-state index contributed by atoms with van der Waals surface area (Å²) in [5.41, 5.74) is 3.01. The fraction of sp³-hybridized carbons (Fsp3) is 0.400. The summed E-state index contributed by atoms with van der Waals surface area (Å²) in [5.74, 6) is 0. The Bertz CT molecular complexity index is 569. The second-order valence-electron chi connectivity index (χ2n) is 3.93. The molecule has 17 heavy (non-hydrogen) atoms. The normalized spacial score (nSPS) is 10.8. The van der Waals surface area contributed by atoms with Crippen molar-refractivity contribution in [2.24, 2.45) is 7.05 Å². The van der Waals surface area contributed by atoms with Crippen LogP contribution in [0.4, 0.5) is 5.69 Å². The molecule has 0 aliphatic heterocycles. The number of nitrogens with zero attached hydrogens (tertiary/aromatic N) is 5. The van der Waals surface area contributed by atoms with Gasteiger partial charge in [0.25, 0.3) is 0 Å². The number of nitro groups is 1. The number of aromatic nitrogens is 4. The molecule has 2 heterocycles. The molecular formula is C10H13N5O2.